The predicted octanol–water partition coefficient (Wildman–Crippen LogP) is 5.19. The van der Waals surface area contributed by atoms with E-state index >= 15 is 0 Å². The van der Waals surface area contributed by atoms with Crippen molar-refractivity contribution in [3.05, 3.63) is 12.2 Å². The molecular formula is C21H28F8O6. The van der Waals surface area contributed by atoms with E-state index in [1.807, 2.05) is 0 Å². The molecule has 0 aromatic carbocycles. The zero-order chi connectivity index (χ0) is 28.4. The van der Waals surface area contributed by atoms with Crippen LogP contribution in [0.25, 0.3) is 0 Å². The van der Waals surface area contributed by atoms with Gasteiger partial charge in [-0.25, -0.2) is 13.6 Å². The topological polar surface area (TPSA) is 78.9 Å². The maximum atomic E-state index is 13.7. The highest BCUT2D eigenvalue weighted by atomic mass is 19.4. The van der Waals surface area contributed by atoms with Gasteiger partial charge in [-0.1, -0.05) is 13.5 Å². The summed E-state index contributed by atoms with van der Waals surface area (Å²) in [5, 5.41) is 0. The molecule has 2 unspecified atom stereocenters. The van der Waals surface area contributed by atoms with Crippen LogP contribution >= 0.6 is 0 Å². The Bertz CT molecular complexity index is 812. The third kappa shape index (κ3) is 8.34. The van der Waals surface area contributed by atoms with E-state index in [0.717, 1.165) is 6.92 Å². The fourth-order valence-corrected chi connectivity index (χ4v) is 2.39. The maximum Gasteiger partial charge on any atom is 0.381 e. The van der Waals surface area contributed by atoms with Crippen molar-refractivity contribution in [2.24, 2.45) is 11.8 Å². The second kappa shape index (κ2) is 10.7. The van der Waals surface area contributed by atoms with Crippen molar-refractivity contribution in [2.45, 2.75) is 83.9 Å². The molecule has 6 nitrogen and oxygen atoms in total. The first-order valence-corrected chi connectivity index (χ1v) is 10.0. The lowest BCUT2D eigenvalue weighted by Gasteiger charge is -2.32. The molecule has 0 N–H and O–H groups in total. The summed E-state index contributed by atoms with van der Waals surface area (Å²) in [4.78, 5) is 37.3. The van der Waals surface area contributed by atoms with Crippen molar-refractivity contribution >= 4 is 17.9 Å². The van der Waals surface area contributed by atoms with Crippen LogP contribution in [0.2, 0.25) is 0 Å². The third-order valence-corrected chi connectivity index (χ3v) is 4.11. The van der Waals surface area contributed by atoms with Crippen molar-refractivity contribution in [3.8, 4) is 0 Å². The van der Waals surface area contributed by atoms with Crippen molar-refractivity contribution in [3.63, 3.8) is 0 Å². The molecular weight excluding hydrogens is 500 g/mol. The van der Waals surface area contributed by atoms with Crippen molar-refractivity contribution in [2.75, 3.05) is 6.61 Å². The number of esters is 3. The Labute approximate surface area is 196 Å². The summed E-state index contributed by atoms with van der Waals surface area (Å²) in [5.74, 6) is -26.8. The van der Waals surface area contributed by atoms with Gasteiger partial charge >= 0.3 is 42.1 Å². The molecule has 0 radical (unpaired) electrons. The average molecular weight is 528 g/mol. The van der Waals surface area contributed by atoms with Gasteiger partial charge in [-0.15, -0.1) is 0 Å². The Morgan fingerprint density at radius 3 is 1.57 bits per heavy atom. The van der Waals surface area contributed by atoms with Gasteiger partial charge in [0.05, 0.1) is 5.92 Å². The van der Waals surface area contributed by atoms with Gasteiger partial charge in [-0.2, -0.15) is 26.3 Å². The highest BCUT2D eigenvalue weighted by Gasteiger charge is 2.75. The Hall–Kier alpha value is -2.41. The van der Waals surface area contributed by atoms with Crippen molar-refractivity contribution < 1.29 is 63.7 Å². The molecule has 0 aliphatic rings. The van der Waals surface area contributed by atoms with E-state index in [1.165, 1.54) is 41.5 Å². The first kappa shape index (κ1) is 32.6. The molecule has 204 valence electrons. The second-order valence-corrected chi connectivity index (χ2v) is 9.64. The van der Waals surface area contributed by atoms with Crippen LogP contribution < -0.4 is 0 Å². The van der Waals surface area contributed by atoms with Crippen LogP contribution in [0, 0.1) is 11.8 Å². The van der Waals surface area contributed by atoms with E-state index in [9.17, 15) is 49.5 Å². The zero-order valence-corrected chi connectivity index (χ0v) is 20.1. The number of rotatable bonds is 10. The molecule has 14 heteroatoms. The lowest BCUT2D eigenvalue weighted by Crippen LogP contribution is -2.59. The third-order valence-electron chi connectivity index (χ3n) is 4.11. The number of carbonyl (C=O) groups is 3. The molecule has 0 heterocycles. The molecule has 0 amide bonds. The van der Waals surface area contributed by atoms with Crippen LogP contribution in [-0.4, -0.2) is 59.9 Å². The van der Waals surface area contributed by atoms with Crippen LogP contribution in [0.4, 0.5) is 35.1 Å². The highest BCUT2D eigenvalue weighted by molar-refractivity contribution is 5.97. The maximum absolute atomic E-state index is 13.7. The molecule has 0 saturated heterocycles. The molecule has 0 rings (SSSR count). The van der Waals surface area contributed by atoms with Gasteiger partial charge in [0.2, 0.25) is 0 Å². The van der Waals surface area contributed by atoms with Crippen LogP contribution in [0.15, 0.2) is 12.2 Å². The van der Waals surface area contributed by atoms with Crippen LogP contribution in [0.1, 0.15) is 48.5 Å². The first-order valence-electron chi connectivity index (χ1n) is 10.0. The zero-order valence-electron chi connectivity index (χ0n) is 20.1. The minimum atomic E-state index is -6.61. The Morgan fingerprint density at radius 1 is 0.800 bits per heavy atom. The van der Waals surface area contributed by atoms with Crippen LogP contribution in [-0.2, 0) is 28.6 Å². The van der Waals surface area contributed by atoms with Gasteiger partial charge in [0.1, 0.15) is 17.1 Å². The fraction of sp³-hybridized carbons (Fsp3) is 0.762. The number of carbonyl (C=O) groups excluding carboxylic acids is 3. The molecule has 0 aromatic rings. The van der Waals surface area contributed by atoms with E-state index in [-0.39, 0.29) is 0 Å². The lowest BCUT2D eigenvalue weighted by atomic mass is 9.87. The quantitative estimate of drug-likeness (QED) is 0.168. The van der Waals surface area contributed by atoms with Gasteiger partial charge in [0.15, 0.2) is 6.61 Å². The van der Waals surface area contributed by atoms with Crippen LogP contribution in [0.5, 0.6) is 0 Å². The summed E-state index contributed by atoms with van der Waals surface area (Å²) in [5.41, 5.74) is -3.27. The molecule has 0 aliphatic carbocycles. The van der Waals surface area contributed by atoms with E-state index in [0.29, 0.717) is 0 Å². The molecule has 35 heavy (non-hydrogen) atoms. The molecule has 2 atom stereocenters. The number of ether oxygens (including phenoxy) is 3. The smallest absolute Gasteiger partial charge is 0.381 e. The summed E-state index contributed by atoms with van der Waals surface area (Å²) in [6, 6.07) is 0. The molecule has 0 saturated carbocycles. The number of hydrogen-bond acceptors (Lipinski definition) is 6. The number of alkyl halides is 8. The monoisotopic (exact) mass is 528 g/mol. The van der Waals surface area contributed by atoms with Gasteiger partial charge in [-0.3, -0.25) is 9.59 Å². The van der Waals surface area contributed by atoms with E-state index in [1.54, 1.807) is 0 Å². The minimum absolute atomic E-state index is 1.03. The average Bonchev–Trinajstić information content (AvgIpc) is 2.62. The minimum Gasteiger partial charge on any atom is -0.460 e. The lowest BCUT2D eigenvalue weighted by molar-refractivity contribution is -0.344. The summed E-state index contributed by atoms with van der Waals surface area (Å²) < 4.78 is 119. The van der Waals surface area contributed by atoms with Gasteiger partial charge in [0, 0.05) is 5.57 Å². The standard InChI is InChI=1S/C21H28F8O6/c1-10(13(30)33-9-19(24,25)21(28,29)20(26,27)16(22)23)12(15(32)35-18(6,7)8)11(2)14(31)34-17(3,4)5/h11-12,16H,1,9H2,2-8H3. The Balaban J connectivity index is 5.91. The van der Waals surface area contributed by atoms with Gasteiger partial charge < -0.3 is 14.2 Å². The van der Waals surface area contributed by atoms with Crippen LogP contribution in [0.3, 0.4) is 0 Å². The summed E-state index contributed by atoms with van der Waals surface area (Å²) >= 11 is 0. The predicted molar refractivity (Wildman–Crippen MR) is 105 cm³/mol. The molecule has 0 fully saturated rings. The van der Waals surface area contributed by atoms with Gasteiger partial charge in [-0.05, 0) is 41.5 Å². The van der Waals surface area contributed by atoms with Crippen molar-refractivity contribution in [1.82, 2.24) is 0 Å². The molecule has 0 aliphatic heterocycles. The molecule has 0 aromatic heterocycles. The SMILES string of the molecule is C=C(C(=O)OCC(F)(F)C(F)(F)C(F)(F)C(F)F)C(C(=O)OC(C)(C)C)C(C)C(=O)OC(C)(C)C. The second-order valence-electron chi connectivity index (χ2n) is 9.64. The number of hydrogen-bond donors (Lipinski definition) is 0. The first-order chi connectivity index (χ1) is 15.3. The molecule has 0 bridgehead atoms. The number of halogens is 8. The van der Waals surface area contributed by atoms with Gasteiger partial charge in [0.25, 0.3) is 0 Å². The fourth-order valence-electron chi connectivity index (χ4n) is 2.39. The van der Waals surface area contributed by atoms with E-state index in [4.69, 9.17) is 9.47 Å². The normalized spacial score (nSPS) is 15.3. The summed E-state index contributed by atoms with van der Waals surface area (Å²) in [6.45, 7) is 10.1. The highest BCUT2D eigenvalue weighted by Crippen LogP contribution is 2.48. The summed E-state index contributed by atoms with van der Waals surface area (Å²) in [7, 11) is 0. The molecule has 0 spiro atoms. The Morgan fingerprint density at radius 2 is 1.20 bits per heavy atom. The van der Waals surface area contributed by atoms with E-state index < -0.39 is 77.3 Å². The van der Waals surface area contributed by atoms with Crippen molar-refractivity contribution in [1.29, 1.82) is 0 Å². The van der Waals surface area contributed by atoms with E-state index in [2.05, 4.69) is 11.3 Å². The Kier molecular flexibility index (Phi) is 9.95. The largest absolute Gasteiger partial charge is 0.460 e. The summed E-state index contributed by atoms with van der Waals surface area (Å²) in [6.07, 6.45) is -5.15.